The fourth-order valence-corrected chi connectivity index (χ4v) is 4.43. The lowest BCUT2D eigenvalue weighted by molar-refractivity contribution is 0.0706. The van der Waals surface area contributed by atoms with Crippen molar-refractivity contribution in [3.8, 4) is 0 Å². The number of benzene rings is 2. The molecule has 1 amide bonds. The minimum Gasteiger partial charge on any atom is -0.339 e. The molecule has 2 N–H and O–H groups in total. The van der Waals surface area contributed by atoms with Gasteiger partial charge in [0.2, 0.25) is 0 Å². The van der Waals surface area contributed by atoms with Gasteiger partial charge in [-0.2, -0.15) is 0 Å². The van der Waals surface area contributed by atoms with E-state index in [1.807, 2.05) is 60.5 Å². The first-order chi connectivity index (χ1) is 13.2. The Morgan fingerprint density at radius 3 is 2.70 bits per heavy atom. The molecule has 1 aliphatic rings. The summed E-state index contributed by atoms with van der Waals surface area (Å²) in [6.45, 7) is 1.63. The molecule has 0 aliphatic carbocycles. The molecular weight excluding hydrogens is 356 g/mol. The van der Waals surface area contributed by atoms with Gasteiger partial charge in [-0.05, 0) is 43.7 Å². The fraction of sp³-hybridized carbons (Fsp3) is 0.333. The molecule has 1 fully saturated rings. The SMILES string of the molecule is CNC1CCN(C(=O)c2ccccc2CSc2nc3ccccc3[nH]2)CC1. The number of imidazole rings is 1. The lowest BCUT2D eigenvalue weighted by Gasteiger charge is -2.32. The molecule has 1 saturated heterocycles. The number of likely N-dealkylation sites (tertiary alicyclic amines) is 1. The zero-order valence-corrected chi connectivity index (χ0v) is 16.3. The summed E-state index contributed by atoms with van der Waals surface area (Å²) in [6.07, 6.45) is 2.02. The number of nitrogens with one attached hydrogen (secondary N) is 2. The van der Waals surface area contributed by atoms with Crippen LogP contribution in [-0.2, 0) is 5.75 Å². The molecule has 2 aromatic carbocycles. The number of aromatic nitrogens is 2. The van der Waals surface area contributed by atoms with Gasteiger partial charge in [-0.3, -0.25) is 4.79 Å². The summed E-state index contributed by atoms with van der Waals surface area (Å²) in [5, 5.41) is 4.19. The Bertz CT molecular complexity index is 898. The van der Waals surface area contributed by atoms with Gasteiger partial charge in [0, 0.05) is 30.4 Å². The van der Waals surface area contributed by atoms with Crippen LogP contribution in [0, 0.1) is 0 Å². The van der Waals surface area contributed by atoms with Crippen molar-refractivity contribution in [3.63, 3.8) is 0 Å². The van der Waals surface area contributed by atoms with E-state index >= 15 is 0 Å². The van der Waals surface area contributed by atoms with Gasteiger partial charge >= 0.3 is 0 Å². The second-order valence-electron chi connectivity index (χ2n) is 6.86. The zero-order chi connectivity index (χ0) is 18.6. The molecule has 5 nitrogen and oxygen atoms in total. The summed E-state index contributed by atoms with van der Waals surface area (Å²) in [5.74, 6) is 0.861. The van der Waals surface area contributed by atoms with Crippen LogP contribution in [-0.4, -0.2) is 47.0 Å². The van der Waals surface area contributed by atoms with Gasteiger partial charge in [0.15, 0.2) is 5.16 Å². The van der Waals surface area contributed by atoms with Crippen molar-refractivity contribution in [3.05, 3.63) is 59.7 Å². The predicted octanol–water partition coefficient (Wildman–Crippen LogP) is 3.68. The van der Waals surface area contributed by atoms with Crippen LogP contribution in [0.1, 0.15) is 28.8 Å². The maximum absolute atomic E-state index is 13.0. The highest BCUT2D eigenvalue weighted by Gasteiger charge is 2.24. The highest BCUT2D eigenvalue weighted by atomic mass is 32.2. The first-order valence-corrected chi connectivity index (χ1v) is 10.3. The van der Waals surface area contributed by atoms with E-state index in [0.717, 1.165) is 53.2 Å². The largest absolute Gasteiger partial charge is 0.339 e. The van der Waals surface area contributed by atoms with E-state index in [4.69, 9.17) is 0 Å². The average molecular weight is 381 g/mol. The number of fused-ring (bicyclic) bond motifs is 1. The Hall–Kier alpha value is -2.31. The third kappa shape index (κ3) is 4.01. The summed E-state index contributed by atoms with van der Waals surface area (Å²) in [4.78, 5) is 23.0. The average Bonchev–Trinajstić information content (AvgIpc) is 3.15. The number of nitrogens with zero attached hydrogens (tertiary/aromatic N) is 2. The Kier molecular flexibility index (Phi) is 5.45. The molecule has 3 aromatic rings. The molecule has 0 atom stereocenters. The summed E-state index contributed by atoms with van der Waals surface area (Å²) < 4.78 is 0. The van der Waals surface area contributed by atoms with E-state index in [-0.39, 0.29) is 5.91 Å². The summed E-state index contributed by atoms with van der Waals surface area (Å²) in [6, 6.07) is 16.5. The quantitative estimate of drug-likeness (QED) is 0.663. The van der Waals surface area contributed by atoms with Crippen LogP contribution in [0.15, 0.2) is 53.7 Å². The first kappa shape index (κ1) is 18.1. The molecule has 0 spiro atoms. The molecule has 6 heteroatoms. The van der Waals surface area contributed by atoms with Gasteiger partial charge in [-0.25, -0.2) is 4.98 Å². The smallest absolute Gasteiger partial charge is 0.254 e. The van der Waals surface area contributed by atoms with Crippen LogP contribution in [0.25, 0.3) is 11.0 Å². The van der Waals surface area contributed by atoms with Crippen LogP contribution < -0.4 is 5.32 Å². The number of rotatable bonds is 5. The number of thioether (sulfide) groups is 1. The Morgan fingerprint density at radius 1 is 1.19 bits per heavy atom. The number of carbonyl (C=O) groups excluding carboxylic acids is 1. The second kappa shape index (κ2) is 8.15. The standard InChI is InChI=1S/C21H24N4OS/c1-22-16-10-12-25(13-11-16)20(26)17-7-3-2-6-15(17)14-27-21-23-18-8-4-5-9-19(18)24-21/h2-9,16,22H,10-14H2,1H3,(H,23,24). The van der Waals surface area contributed by atoms with E-state index in [9.17, 15) is 4.79 Å². The molecule has 2 heterocycles. The molecule has 0 radical (unpaired) electrons. The molecule has 0 unspecified atom stereocenters. The third-order valence-electron chi connectivity index (χ3n) is 5.17. The normalized spacial score (nSPS) is 15.4. The summed E-state index contributed by atoms with van der Waals surface area (Å²) in [7, 11) is 1.99. The van der Waals surface area contributed by atoms with Crippen molar-refractivity contribution in [1.82, 2.24) is 20.2 Å². The third-order valence-corrected chi connectivity index (χ3v) is 6.09. The summed E-state index contributed by atoms with van der Waals surface area (Å²) >= 11 is 1.63. The van der Waals surface area contributed by atoms with Crippen molar-refractivity contribution >= 4 is 28.7 Å². The Morgan fingerprint density at radius 2 is 1.93 bits per heavy atom. The Balaban J connectivity index is 1.46. The van der Waals surface area contributed by atoms with Crippen molar-refractivity contribution in [2.24, 2.45) is 0 Å². The summed E-state index contributed by atoms with van der Waals surface area (Å²) in [5.41, 5.74) is 3.88. The number of hydrogen-bond acceptors (Lipinski definition) is 4. The molecule has 1 aliphatic heterocycles. The molecule has 4 rings (SSSR count). The van der Waals surface area contributed by atoms with Gasteiger partial charge in [0.1, 0.15) is 0 Å². The molecule has 0 saturated carbocycles. The molecule has 27 heavy (non-hydrogen) atoms. The Labute approximate surface area is 163 Å². The molecule has 0 bridgehead atoms. The van der Waals surface area contributed by atoms with Crippen molar-refractivity contribution in [1.29, 1.82) is 0 Å². The predicted molar refractivity (Wildman–Crippen MR) is 110 cm³/mol. The van der Waals surface area contributed by atoms with E-state index in [1.165, 1.54) is 0 Å². The number of piperidine rings is 1. The van der Waals surface area contributed by atoms with Gasteiger partial charge in [-0.1, -0.05) is 42.1 Å². The number of amides is 1. The van der Waals surface area contributed by atoms with E-state index in [0.29, 0.717) is 11.8 Å². The van der Waals surface area contributed by atoms with Crippen LogP contribution in [0.2, 0.25) is 0 Å². The van der Waals surface area contributed by atoms with Gasteiger partial charge in [0.25, 0.3) is 5.91 Å². The van der Waals surface area contributed by atoms with Gasteiger partial charge in [-0.15, -0.1) is 0 Å². The monoisotopic (exact) mass is 380 g/mol. The number of H-pyrrole nitrogens is 1. The minimum atomic E-state index is 0.144. The van der Waals surface area contributed by atoms with Crippen molar-refractivity contribution in [2.75, 3.05) is 20.1 Å². The number of hydrogen-bond donors (Lipinski definition) is 2. The highest BCUT2D eigenvalue weighted by Crippen LogP contribution is 2.25. The van der Waals surface area contributed by atoms with E-state index < -0.39 is 0 Å². The van der Waals surface area contributed by atoms with Crippen LogP contribution in [0.3, 0.4) is 0 Å². The number of aromatic amines is 1. The lowest BCUT2D eigenvalue weighted by atomic mass is 10.0. The van der Waals surface area contributed by atoms with Crippen molar-refractivity contribution < 1.29 is 4.79 Å². The maximum atomic E-state index is 13.0. The van der Waals surface area contributed by atoms with E-state index in [1.54, 1.807) is 11.8 Å². The molecular formula is C21H24N4OS. The van der Waals surface area contributed by atoms with Crippen LogP contribution >= 0.6 is 11.8 Å². The number of para-hydroxylation sites is 2. The van der Waals surface area contributed by atoms with Gasteiger partial charge in [0.05, 0.1) is 11.0 Å². The number of carbonyl (C=O) groups is 1. The molecule has 1 aromatic heterocycles. The highest BCUT2D eigenvalue weighted by molar-refractivity contribution is 7.98. The fourth-order valence-electron chi connectivity index (χ4n) is 3.54. The van der Waals surface area contributed by atoms with Crippen molar-refractivity contribution in [2.45, 2.75) is 29.8 Å². The maximum Gasteiger partial charge on any atom is 0.254 e. The van der Waals surface area contributed by atoms with Crippen LogP contribution in [0.5, 0.6) is 0 Å². The second-order valence-corrected chi connectivity index (χ2v) is 7.82. The van der Waals surface area contributed by atoms with Gasteiger partial charge < -0.3 is 15.2 Å². The topological polar surface area (TPSA) is 61.0 Å². The molecule has 140 valence electrons. The zero-order valence-electron chi connectivity index (χ0n) is 15.4. The minimum absolute atomic E-state index is 0.144. The first-order valence-electron chi connectivity index (χ1n) is 9.36. The van der Waals surface area contributed by atoms with E-state index in [2.05, 4.69) is 15.3 Å². The van der Waals surface area contributed by atoms with Crippen LogP contribution in [0.4, 0.5) is 0 Å². The lowest BCUT2D eigenvalue weighted by Crippen LogP contribution is -2.44.